The molecular formula is C23H26ClF3N2O2. The Morgan fingerprint density at radius 2 is 1.68 bits per heavy atom. The van der Waals surface area contributed by atoms with Crippen LogP contribution < -0.4 is 5.73 Å². The highest BCUT2D eigenvalue weighted by Crippen LogP contribution is 2.47. The molecule has 0 bridgehead atoms. The first-order valence-electron chi connectivity index (χ1n) is 10.3. The number of carbonyl (C=O) groups is 1. The van der Waals surface area contributed by atoms with E-state index >= 15 is 0 Å². The molecule has 1 atom stereocenters. The molecule has 1 heterocycles. The monoisotopic (exact) mass is 454 g/mol. The van der Waals surface area contributed by atoms with Crippen LogP contribution in [-0.2, 0) is 6.18 Å². The number of halogens is 4. The lowest BCUT2D eigenvalue weighted by atomic mass is 9.68. The van der Waals surface area contributed by atoms with Gasteiger partial charge in [-0.2, -0.15) is 13.2 Å². The van der Waals surface area contributed by atoms with Crippen LogP contribution in [0.4, 0.5) is 13.2 Å². The molecule has 0 amide bonds. The Labute approximate surface area is 184 Å². The summed E-state index contributed by atoms with van der Waals surface area (Å²) in [6.07, 6.45) is 1.90. The van der Waals surface area contributed by atoms with Gasteiger partial charge in [0.1, 0.15) is 0 Å². The minimum absolute atomic E-state index is 0.151. The number of nitrogens with zero attached hydrogens (tertiary/aromatic N) is 1. The number of carboxylic acid groups (broad SMARTS) is 1. The molecule has 0 radical (unpaired) electrons. The molecule has 1 unspecified atom stereocenters. The highest BCUT2D eigenvalue weighted by atomic mass is 35.5. The lowest BCUT2D eigenvalue weighted by Gasteiger charge is -2.52. The van der Waals surface area contributed by atoms with Crippen molar-refractivity contribution in [2.45, 2.75) is 49.9 Å². The first kappa shape index (κ1) is 23.6. The topological polar surface area (TPSA) is 66.6 Å². The van der Waals surface area contributed by atoms with Crippen molar-refractivity contribution in [2.24, 2.45) is 5.73 Å². The maximum atomic E-state index is 12.3. The number of rotatable bonds is 4. The van der Waals surface area contributed by atoms with Crippen molar-refractivity contribution in [1.82, 2.24) is 4.90 Å². The summed E-state index contributed by atoms with van der Waals surface area (Å²) in [5, 5.41) is 8.33. The van der Waals surface area contributed by atoms with Crippen molar-refractivity contribution >= 4 is 17.6 Å². The molecule has 2 aromatic rings. The smallest absolute Gasteiger partial charge is 0.417 e. The van der Waals surface area contributed by atoms with E-state index in [0.717, 1.165) is 12.1 Å². The fraction of sp³-hybridized carbons (Fsp3) is 0.435. The second kappa shape index (κ2) is 9.59. The van der Waals surface area contributed by atoms with Gasteiger partial charge in [-0.15, -0.1) is 0 Å². The number of hydrogen-bond donors (Lipinski definition) is 2. The van der Waals surface area contributed by atoms with Crippen LogP contribution in [0.3, 0.4) is 0 Å². The molecule has 1 saturated carbocycles. The summed E-state index contributed by atoms with van der Waals surface area (Å²) < 4.78 is 36.8. The van der Waals surface area contributed by atoms with E-state index in [4.69, 9.17) is 22.4 Å². The molecular weight excluding hydrogens is 429 g/mol. The first-order chi connectivity index (χ1) is 14.6. The van der Waals surface area contributed by atoms with Crippen molar-refractivity contribution in [3.05, 3.63) is 70.2 Å². The lowest BCUT2D eigenvalue weighted by Crippen LogP contribution is -2.58. The third kappa shape index (κ3) is 5.22. The van der Waals surface area contributed by atoms with Gasteiger partial charge in [-0.3, -0.25) is 4.90 Å². The number of hydrogen-bond acceptors (Lipinski definition) is 3. The molecule has 2 aliphatic rings. The highest BCUT2D eigenvalue weighted by Gasteiger charge is 2.48. The van der Waals surface area contributed by atoms with Gasteiger partial charge in [0.15, 0.2) is 0 Å². The van der Waals surface area contributed by atoms with Crippen LogP contribution >= 0.6 is 11.6 Å². The van der Waals surface area contributed by atoms with Gasteiger partial charge < -0.3 is 10.8 Å². The lowest BCUT2D eigenvalue weighted by molar-refractivity contribution is -0.138. The number of benzene rings is 2. The third-order valence-corrected chi connectivity index (χ3v) is 6.45. The SMILES string of the molecule is NC(c1ccccc1)C1(N2CCCC2)CCC1.O=C(O)c1ccc(Cl)cc1C(F)(F)F. The number of carboxylic acids is 1. The van der Waals surface area contributed by atoms with Crippen LogP contribution in [0, 0.1) is 0 Å². The van der Waals surface area contributed by atoms with Gasteiger partial charge in [0.2, 0.25) is 0 Å². The summed E-state index contributed by atoms with van der Waals surface area (Å²) in [7, 11) is 0. The predicted octanol–water partition coefficient (Wildman–Crippen LogP) is 5.76. The zero-order chi connectivity index (χ0) is 22.6. The third-order valence-electron chi connectivity index (χ3n) is 6.21. The minimum Gasteiger partial charge on any atom is -0.478 e. The van der Waals surface area contributed by atoms with Crippen molar-refractivity contribution < 1.29 is 23.1 Å². The van der Waals surface area contributed by atoms with Gasteiger partial charge in [-0.05, 0) is 69.0 Å². The Balaban J connectivity index is 0.000000180. The molecule has 4 nitrogen and oxygen atoms in total. The molecule has 1 aliphatic carbocycles. The number of nitrogens with two attached hydrogens (primary N) is 1. The summed E-state index contributed by atoms with van der Waals surface area (Å²) >= 11 is 5.33. The molecule has 168 valence electrons. The largest absolute Gasteiger partial charge is 0.478 e. The van der Waals surface area contributed by atoms with Crippen LogP contribution in [-0.4, -0.2) is 34.6 Å². The Morgan fingerprint density at radius 1 is 1.06 bits per heavy atom. The standard InChI is InChI=1S/C15H22N2.C8H4ClF3O2/c16-14(13-7-2-1-3-8-13)15(9-6-10-15)17-11-4-5-12-17;9-4-1-2-5(7(13)14)6(3-4)8(10,11)12/h1-3,7-8,14H,4-6,9-12,16H2;1-3H,(H,13,14). The fourth-order valence-corrected chi connectivity index (χ4v) is 4.61. The Kier molecular flexibility index (Phi) is 7.29. The van der Waals surface area contributed by atoms with Crippen LogP contribution in [0.15, 0.2) is 48.5 Å². The fourth-order valence-electron chi connectivity index (χ4n) is 4.43. The van der Waals surface area contributed by atoms with Crippen molar-refractivity contribution in [2.75, 3.05) is 13.1 Å². The Hall–Kier alpha value is -2.09. The van der Waals surface area contributed by atoms with Crippen molar-refractivity contribution in [3.63, 3.8) is 0 Å². The van der Waals surface area contributed by atoms with Gasteiger partial charge in [0, 0.05) is 16.6 Å². The number of aromatic carboxylic acids is 1. The first-order valence-corrected chi connectivity index (χ1v) is 10.7. The summed E-state index contributed by atoms with van der Waals surface area (Å²) in [5.74, 6) is -1.63. The van der Waals surface area contributed by atoms with Crippen LogP contribution in [0.1, 0.15) is 59.6 Å². The molecule has 1 saturated heterocycles. The van der Waals surface area contributed by atoms with E-state index in [1.54, 1.807) is 0 Å². The van der Waals surface area contributed by atoms with E-state index in [1.807, 2.05) is 0 Å². The molecule has 4 rings (SSSR count). The zero-order valence-electron chi connectivity index (χ0n) is 17.0. The zero-order valence-corrected chi connectivity index (χ0v) is 17.8. The molecule has 8 heteroatoms. The van der Waals surface area contributed by atoms with Crippen LogP contribution in [0.25, 0.3) is 0 Å². The second-order valence-corrected chi connectivity index (χ2v) is 8.47. The Morgan fingerprint density at radius 3 is 2.16 bits per heavy atom. The molecule has 31 heavy (non-hydrogen) atoms. The van der Waals surface area contributed by atoms with Gasteiger partial charge in [-0.1, -0.05) is 41.9 Å². The summed E-state index contributed by atoms with van der Waals surface area (Å²) in [6, 6.07) is 13.3. The maximum Gasteiger partial charge on any atom is 0.417 e. The average Bonchev–Trinajstić information content (AvgIpc) is 3.22. The highest BCUT2D eigenvalue weighted by molar-refractivity contribution is 6.30. The van der Waals surface area contributed by atoms with Gasteiger partial charge in [0.25, 0.3) is 0 Å². The molecule has 2 aromatic carbocycles. The average molecular weight is 455 g/mol. The summed E-state index contributed by atoms with van der Waals surface area (Å²) in [4.78, 5) is 13.1. The second-order valence-electron chi connectivity index (χ2n) is 8.03. The van der Waals surface area contributed by atoms with Gasteiger partial charge >= 0.3 is 12.1 Å². The normalized spacial score (nSPS) is 19.1. The van der Waals surface area contributed by atoms with Gasteiger partial charge in [-0.25, -0.2) is 4.79 Å². The Bertz CT molecular complexity index is 895. The number of alkyl halides is 3. The van der Waals surface area contributed by atoms with E-state index in [1.165, 1.54) is 50.8 Å². The summed E-state index contributed by atoms with van der Waals surface area (Å²) in [6.45, 7) is 2.50. The van der Waals surface area contributed by atoms with E-state index in [0.29, 0.717) is 6.07 Å². The van der Waals surface area contributed by atoms with E-state index in [2.05, 4.69) is 35.2 Å². The summed E-state index contributed by atoms with van der Waals surface area (Å²) in [5.41, 5.74) is 6.11. The van der Waals surface area contributed by atoms with E-state index in [-0.39, 0.29) is 16.6 Å². The minimum atomic E-state index is -4.71. The van der Waals surface area contributed by atoms with Crippen molar-refractivity contribution in [1.29, 1.82) is 0 Å². The predicted molar refractivity (Wildman–Crippen MR) is 114 cm³/mol. The molecule has 3 N–H and O–H groups in total. The van der Waals surface area contributed by atoms with Crippen molar-refractivity contribution in [3.8, 4) is 0 Å². The quantitative estimate of drug-likeness (QED) is 0.616. The number of likely N-dealkylation sites (tertiary alicyclic amines) is 1. The van der Waals surface area contributed by atoms with E-state index in [9.17, 15) is 18.0 Å². The molecule has 0 aromatic heterocycles. The molecule has 0 spiro atoms. The van der Waals surface area contributed by atoms with Crippen LogP contribution in [0.5, 0.6) is 0 Å². The molecule has 1 aliphatic heterocycles. The van der Waals surface area contributed by atoms with E-state index < -0.39 is 23.3 Å². The van der Waals surface area contributed by atoms with Crippen LogP contribution in [0.2, 0.25) is 5.02 Å². The molecule has 2 fully saturated rings. The maximum absolute atomic E-state index is 12.3. The van der Waals surface area contributed by atoms with Gasteiger partial charge in [0.05, 0.1) is 11.1 Å².